The van der Waals surface area contributed by atoms with Gasteiger partial charge in [-0.3, -0.25) is 10.1 Å². The zero-order valence-corrected chi connectivity index (χ0v) is 18.8. The van der Waals surface area contributed by atoms with Crippen molar-refractivity contribution in [3.8, 4) is 23.7 Å². The summed E-state index contributed by atoms with van der Waals surface area (Å²) >= 11 is 3.39. The van der Waals surface area contributed by atoms with Crippen LogP contribution in [-0.4, -0.2) is 17.0 Å². The molecule has 0 saturated carbocycles. The minimum Gasteiger partial charge on any atom is -0.446 e. The largest absolute Gasteiger partial charge is 0.446 e. The van der Waals surface area contributed by atoms with Crippen molar-refractivity contribution in [1.29, 1.82) is 0 Å². The summed E-state index contributed by atoms with van der Waals surface area (Å²) < 4.78 is 6.54. The zero-order valence-electron chi connectivity index (χ0n) is 17.2. The Morgan fingerprint density at radius 3 is 2.45 bits per heavy atom. The number of halogens is 1. The molecule has 0 spiro atoms. The van der Waals surface area contributed by atoms with Crippen LogP contribution in [0.4, 0.5) is 5.69 Å². The van der Waals surface area contributed by atoms with Crippen LogP contribution in [0.1, 0.15) is 48.5 Å². The second-order valence-corrected chi connectivity index (χ2v) is 7.77. The predicted octanol–water partition coefficient (Wildman–Crippen LogP) is 6.07. The summed E-state index contributed by atoms with van der Waals surface area (Å²) in [4.78, 5) is 22.7. The molecule has 0 amide bonds. The van der Waals surface area contributed by atoms with E-state index in [1.54, 1.807) is 0 Å². The third-order valence-electron chi connectivity index (χ3n) is 4.06. The Labute approximate surface area is 190 Å². The van der Waals surface area contributed by atoms with Gasteiger partial charge in [0.2, 0.25) is 0 Å². The van der Waals surface area contributed by atoms with Crippen molar-refractivity contribution in [1.82, 2.24) is 0 Å². The fraction of sp³-hybridized carbons (Fsp3) is 0.240. The molecule has 2 aromatic carbocycles. The molecule has 0 bridgehead atoms. The van der Waals surface area contributed by atoms with E-state index in [4.69, 9.17) is 4.74 Å². The predicted molar refractivity (Wildman–Crippen MR) is 124 cm³/mol. The molecule has 2 aromatic rings. The first-order valence-corrected chi connectivity index (χ1v) is 10.5. The first-order valence-electron chi connectivity index (χ1n) is 9.68. The number of hydrogen-bond acceptors (Lipinski definition) is 4. The number of non-ortho nitro benzene ring substituents is 1. The molecule has 0 heterocycles. The normalized spacial score (nSPS) is 10.6. The van der Waals surface area contributed by atoms with Gasteiger partial charge in [-0.2, -0.15) is 0 Å². The van der Waals surface area contributed by atoms with Gasteiger partial charge < -0.3 is 4.74 Å². The number of rotatable bonds is 7. The SMILES string of the molecule is C=C(C)CC#CC(CCCC#Cc1ccc(Br)cc1)OC(=O)c1ccc([N+](=O)[O-])cc1. The summed E-state index contributed by atoms with van der Waals surface area (Å²) in [6.45, 7) is 5.70. The molecule has 0 aromatic heterocycles. The van der Waals surface area contributed by atoms with Crippen LogP contribution in [0.2, 0.25) is 0 Å². The third-order valence-corrected chi connectivity index (χ3v) is 4.59. The van der Waals surface area contributed by atoms with Gasteiger partial charge in [0.15, 0.2) is 6.10 Å². The number of esters is 1. The summed E-state index contributed by atoms with van der Waals surface area (Å²) in [6.07, 6.45) is 1.83. The molecular formula is C25H22BrNO4. The van der Waals surface area contributed by atoms with Gasteiger partial charge in [0, 0.05) is 35.0 Å². The van der Waals surface area contributed by atoms with Gasteiger partial charge in [-0.15, -0.1) is 0 Å². The van der Waals surface area contributed by atoms with Crippen molar-refractivity contribution in [2.45, 2.75) is 38.7 Å². The van der Waals surface area contributed by atoms with Crippen molar-refractivity contribution in [2.24, 2.45) is 0 Å². The first kappa shape index (κ1) is 23.9. The van der Waals surface area contributed by atoms with E-state index in [0.717, 1.165) is 15.6 Å². The number of nitrogens with zero attached hydrogens (tertiary/aromatic N) is 1. The Balaban J connectivity index is 1.96. The van der Waals surface area contributed by atoms with Crippen molar-refractivity contribution < 1.29 is 14.5 Å². The van der Waals surface area contributed by atoms with Crippen molar-refractivity contribution in [3.63, 3.8) is 0 Å². The Bertz CT molecular complexity index is 1050. The number of nitro benzene ring substituents is 1. The maximum absolute atomic E-state index is 12.4. The summed E-state index contributed by atoms with van der Waals surface area (Å²) in [5, 5.41) is 10.8. The molecular weight excluding hydrogens is 458 g/mol. The summed E-state index contributed by atoms with van der Waals surface area (Å²) in [5.41, 5.74) is 2.02. The maximum atomic E-state index is 12.4. The average molecular weight is 480 g/mol. The minimum atomic E-state index is -0.587. The van der Waals surface area contributed by atoms with Gasteiger partial charge in [0.1, 0.15) is 0 Å². The molecule has 0 fully saturated rings. The summed E-state index contributed by atoms with van der Waals surface area (Å²) in [5.74, 6) is 11.6. The van der Waals surface area contributed by atoms with Crippen LogP contribution >= 0.6 is 15.9 Å². The van der Waals surface area contributed by atoms with E-state index in [0.29, 0.717) is 25.7 Å². The number of benzene rings is 2. The second kappa shape index (κ2) is 12.4. The van der Waals surface area contributed by atoms with E-state index in [9.17, 15) is 14.9 Å². The number of hydrogen-bond donors (Lipinski definition) is 0. The van der Waals surface area contributed by atoms with Crippen molar-refractivity contribution in [3.05, 3.63) is 86.4 Å². The Kier molecular flexibility index (Phi) is 9.55. The highest BCUT2D eigenvalue weighted by molar-refractivity contribution is 9.10. The van der Waals surface area contributed by atoms with E-state index in [1.165, 1.54) is 24.3 Å². The fourth-order valence-corrected chi connectivity index (χ4v) is 2.73. The van der Waals surface area contributed by atoms with Gasteiger partial charge in [-0.05, 0) is 56.2 Å². The average Bonchev–Trinajstić information content (AvgIpc) is 2.74. The van der Waals surface area contributed by atoms with E-state index < -0.39 is 17.0 Å². The number of unbranched alkanes of at least 4 members (excludes halogenated alkanes) is 1. The second-order valence-electron chi connectivity index (χ2n) is 6.85. The van der Waals surface area contributed by atoms with Gasteiger partial charge in [-0.1, -0.05) is 51.8 Å². The highest BCUT2D eigenvalue weighted by atomic mass is 79.9. The van der Waals surface area contributed by atoms with E-state index in [2.05, 4.69) is 46.2 Å². The van der Waals surface area contributed by atoms with Crippen molar-refractivity contribution in [2.75, 3.05) is 0 Å². The molecule has 0 radical (unpaired) electrons. The number of nitro groups is 1. The molecule has 2 rings (SSSR count). The Morgan fingerprint density at radius 1 is 1.16 bits per heavy atom. The standard InChI is InChI=1S/C25H22BrNO4/c1-19(2)7-6-10-24(9-5-3-4-8-20-11-15-22(26)16-12-20)31-25(28)21-13-17-23(18-14-21)27(29)30/h11-18,24H,1,3,5,7,9H2,2H3. The fourth-order valence-electron chi connectivity index (χ4n) is 2.47. The first-order chi connectivity index (χ1) is 14.8. The van der Waals surface area contributed by atoms with E-state index in [1.807, 2.05) is 31.2 Å². The van der Waals surface area contributed by atoms with Gasteiger partial charge >= 0.3 is 5.97 Å². The number of carbonyl (C=O) groups excluding carboxylic acids is 1. The molecule has 158 valence electrons. The van der Waals surface area contributed by atoms with Gasteiger partial charge in [0.25, 0.3) is 5.69 Å². The molecule has 31 heavy (non-hydrogen) atoms. The lowest BCUT2D eigenvalue weighted by Crippen LogP contribution is -2.17. The monoisotopic (exact) mass is 479 g/mol. The van der Waals surface area contributed by atoms with Crippen LogP contribution in [0, 0.1) is 33.8 Å². The molecule has 1 unspecified atom stereocenters. The lowest BCUT2D eigenvalue weighted by Gasteiger charge is -2.12. The maximum Gasteiger partial charge on any atom is 0.339 e. The summed E-state index contributed by atoms with van der Waals surface area (Å²) in [7, 11) is 0. The quantitative estimate of drug-likeness (QED) is 0.120. The van der Waals surface area contributed by atoms with Crippen molar-refractivity contribution >= 4 is 27.6 Å². The summed E-state index contributed by atoms with van der Waals surface area (Å²) in [6, 6.07) is 13.1. The van der Waals surface area contributed by atoms with Crippen LogP contribution < -0.4 is 0 Å². The Hall–Kier alpha value is -3.35. The van der Waals surface area contributed by atoms with Gasteiger partial charge in [0.05, 0.1) is 10.5 Å². The van der Waals surface area contributed by atoms with Gasteiger partial charge in [-0.25, -0.2) is 4.79 Å². The van der Waals surface area contributed by atoms with E-state index in [-0.39, 0.29) is 11.3 Å². The van der Waals surface area contributed by atoms with Crippen LogP contribution in [0.5, 0.6) is 0 Å². The molecule has 0 aliphatic heterocycles. The number of ether oxygens (including phenoxy) is 1. The number of allylic oxidation sites excluding steroid dienone is 1. The highest BCUT2D eigenvalue weighted by Crippen LogP contribution is 2.15. The lowest BCUT2D eigenvalue weighted by atomic mass is 10.1. The van der Waals surface area contributed by atoms with Crippen LogP contribution in [0.15, 0.2) is 65.2 Å². The van der Waals surface area contributed by atoms with E-state index >= 15 is 0 Å². The molecule has 0 aliphatic rings. The molecule has 0 aliphatic carbocycles. The molecule has 6 heteroatoms. The smallest absolute Gasteiger partial charge is 0.339 e. The topological polar surface area (TPSA) is 69.4 Å². The molecule has 0 saturated heterocycles. The highest BCUT2D eigenvalue weighted by Gasteiger charge is 2.15. The Morgan fingerprint density at radius 2 is 1.84 bits per heavy atom. The zero-order chi connectivity index (χ0) is 22.6. The van der Waals surface area contributed by atoms with Crippen LogP contribution in [0.3, 0.4) is 0 Å². The van der Waals surface area contributed by atoms with Crippen LogP contribution in [0.25, 0.3) is 0 Å². The lowest BCUT2D eigenvalue weighted by molar-refractivity contribution is -0.384. The minimum absolute atomic E-state index is 0.0845. The number of carbonyl (C=O) groups is 1. The molecule has 0 N–H and O–H groups in total. The third kappa shape index (κ3) is 8.90. The molecule has 1 atom stereocenters. The molecule has 5 nitrogen and oxygen atoms in total. The van der Waals surface area contributed by atoms with Crippen LogP contribution in [-0.2, 0) is 4.74 Å².